The molecule has 1 aliphatic heterocycles. The van der Waals surface area contributed by atoms with E-state index >= 15 is 0 Å². The molecule has 5 rings (SSSR count). The average molecular weight is 298 g/mol. The van der Waals surface area contributed by atoms with Crippen molar-refractivity contribution < 1.29 is 0 Å². The third kappa shape index (κ3) is 1.91. The van der Waals surface area contributed by atoms with Gasteiger partial charge in [0, 0.05) is 23.2 Å². The first-order valence-corrected chi connectivity index (χ1v) is 8.27. The van der Waals surface area contributed by atoms with E-state index < -0.39 is 0 Å². The van der Waals surface area contributed by atoms with Crippen molar-refractivity contribution in [2.75, 3.05) is 5.32 Å². The molecule has 2 heteroatoms. The Labute approximate surface area is 135 Å². The largest absolute Gasteiger partial charge is 0.376 e. The summed E-state index contributed by atoms with van der Waals surface area (Å²) in [5.74, 6) is 1.04. The van der Waals surface area contributed by atoms with Gasteiger partial charge in [0.15, 0.2) is 0 Å². The molecule has 2 heterocycles. The molecule has 1 aromatic heterocycles. The van der Waals surface area contributed by atoms with E-state index in [1.54, 1.807) is 0 Å². The van der Waals surface area contributed by atoms with Crippen LogP contribution in [0.5, 0.6) is 0 Å². The van der Waals surface area contributed by atoms with Crippen molar-refractivity contribution in [3.8, 4) is 0 Å². The Morgan fingerprint density at radius 2 is 1.87 bits per heavy atom. The number of pyridine rings is 1. The summed E-state index contributed by atoms with van der Waals surface area (Å²) in [6.07, 6.45) is 7.73. The number of rotatable bonds is 1. The van der Waals surface area contributed by atoms with Gasteiger partial charge in [0.1, 0.15) is 0 Å². The van der Waals surface area contributed by atoms with E-state index in [1.807, 2.05) is 12.3 Å². The van der Waals surface area contributed by atoms with Gasteiger partial charge in [-0.3, -0.25) is 4.98 Å². The number of aromatic nitrogens is 1. The van der Waals surface area contributed by atoms with Crippen molar-refractivity contribution >= 4 is 16.5 Å². The van der Waals surface area contributed by atoms with Crippen molar-refractivity contribution in [1.29, 1.82) is 0 Å². The van der Waals surface area contributed by atoms with Gasteiger partial charge in [0.2, 0.25) is 0 Å². The number of nitrogens with one attached hydrogen (secondary N) is 1. The van der Waals surface area contributed by atoms with Gasteiger partial charge in [-0.1, -0.05) is 54.6 Å². The van der Waals surface area contributed by atoms with Gasteiger partial charge in [0.25, 0.3) is 0 Å². The van der Waals surface area contributed by atoms with Crippen LogP contribution in [0, 0.1) is 5.92 Å². The number of hydrogen-bond acceptors (Lipinski definition) is 2. The predicted molar refractivity (Wildman–Crippen MR) is 94.5 cm³/mol. The summed E-state index contributed by atoms with van der Waals surface area (Å²) >= 11 is 0. The zero-order valence-electron chi connectivity index (χ0n) is 12.8. The zero-order valence-corrected chi connectivity index (χ0v) is 12.8. The predicted octanol–water partition coefficient (Wildman–Crippen LogP) is 5.06. The molecule has 0 radical (unpaired) electrons. The van der Waals surface area contributed by atoms with E-state index in [-0.39, 0.29) is 6.04 Å². The Kier molecular flexibility index (Phi) is 2.77. The minimum absolute atomic E-state index is 0.273. The van der Waals surface area contributed by atoms with Crippen LogP contribution in [0.2, 0.25) is 0 Å². The molecule has 0 bridgehead atoms. The van der Waals surface area contributed by atoms with Crippen LogP contribution in [0.3, 0.4) is 0 Å². The summed E-state index contributed by atoms with van der Waals surface area (Å²) < 4.78 is 0. The Morgan fingerprint density at radius 3 is 2.78 bits per heavy atom. The molecule has 0 saturated carbocycles. The Morgan fingerprint density at radius 1 is 0.957 bits per heavy atom. The second kappa shape index (κ2) is 4.95. The summed E-state index contributed by atoms with van der Waals surface area (Å²) in [5, 5.41) is 6.43. The zero-order chi connectivity index (χ0) is 15.2. The molecule has 0 unspecified atom stereocenters. The number of allylic oxidation sites excluding steroid dienone is 2. The summed E-state index contributed by atoms with van der Waals surface area (Å²) in [6.45, 7) is 0. The van der Waals surface area contributed by atoms with Gasteiger partial charge in [-0.25, -0.2) is 0 Å². The summed E-state index contributed by atoms with van der Waals surface area (Å²) in [7, 11) is 0. The maximum absolute atomic E-state index is 4.63. The van der Waals surface area contributed by atoms with Crippen LogP contribution in [0.25, 0.3) is 10.8 Å². The van der Waals surface area contributed by atoms with Crippen LogP contribution < -0.4 is 5.32 Å². The maximum atomic E-state index is 4.63. The number of nitrogens with zero attached hydrogens (tertiary/aromatic N) is 1. The lowest BCUT2D eigenvalue weighted by molar-refractivity contribution is 0.420. The summed E-state index contributed by atoms with van der Waals surface area (Å²) in [5.41, 5.74) is 3.85. The molecule has 112 valence electrons. The van der Waals surface area contributed by atoms with Crippen molar-refractivity contribution in [2.45, 2.75) is 18.4 Å². The fourth-order valence-electron chi connectivity index (χ4n) is 4.19. The van der Waals surface area contributed by atoms with Crippen molar-refractivity contribution in [1.82, 2.24) is 4.98 Å². The standard InChI is InChI=1S/C21H18N2/c1-2-7-15-14(6-1)11-12-18-16-8-5-9-17(16)21(23-20(15)18)19-10-3-4-13-22-19/h1-8,10-13,16-17,21,23H,9H2/t16-,17+,21-/m1/s1. The molecule has 2 aliphatic rings. The normalized spacial score (nSPS) is 25.0. The van der Waals surface area contributed by atoms with Gasteiger partial charge in [-0.05, 0) is 35.4 Å². The van der Waals surface area contributed by atoms with Crippen LogP contribution in [-0.4, -0.2) is 4.98 Å². The average Bonchev–Trinajstić information content (AvgIpc) is 3.11. The van der Waals surface area contributed by atoms with Crippen LogP contribution in [0.4, 0.5) is 5.69 Å². The first-order valence-electron chi connectivity index (χ1n) is 8.27. The maximum Gasteiger partial charge on any atom is 0.0725 e. The number of hydrogen-bond donors (Lipinski definition) is 1. The first kappa shape index (κ1) is 12.9. The summed E-state index contributed by atoms with van der Waals surface area (Å²) in [6, 6.07) is 19.7. The van der Waals surface area contributed by atoms with Crippen molar-refractivity contribution in [3.63, 3.8) is 0 Å². The molecule has 2 nitrogen and oxygen atoms in total. The topological polar surface area (TPSA) is 24.9 Å². The van der Waals surface area contributed by atoms with Crippen molar-refractivity contribution in [3.05, 3.63) is 84.2 Å². The van der Waals surface area contributed by atoms with E-state index in [0.29, 0.717) is 11.8 Å². The second-order valence-electron chi connectivity index (χ2n) is 6.48. The van der Waals surface area contributed by atoms with Crippen molar-refractivity contribution in [2.24, 2.45) is 5.92 Å². The van der Waals surface area contributed by atoms with Crippen LogP contribution in [-0.2, 0) is 0 Å². The number of benzene rings is 2. The highest BCUT2D eigenvalue weighted by Crippen LogP contribution is 2.51. The number of fused-ring (bicyclic) bond motifs is 5. The highest BCUT2D eigenvalue weighted by Gasteiger charge is 2.38. The van der Waals surface area contributed by atoms with Gasteiger partial charge in [0.05, 0.1) is 11.7 Å². The molecule has 2 aromatic carbocycles. The third-order valence-electron chi connectivity index (χ3n) is 5.27. The van der Waals surface area contributed by atoms with Gasteiger partial charge < -0.3 is 5.32 Å². The molecule has 0 saturated heterocycles. The van der Waals surface area contributed by atoms with Gasteiger partial charge >= 0.3 is 0 Å². The molecule has 23 heavy (non-hydrogen) atoms. The van der Waals surface area contributed by atoms with Gasteiger partial charge in [-0.15, -0.1) is 0 Å². The molecule has 3 atom stereocenters. The van der Waals surface area contributed by atoms with Crippen LogP contribution in [0.15, 0.2) is 72.9 Å². The monoisotopic (exact) mass is 298 g/mol. The lowest BCUT2D eigenvalue weighted by Crippen LogP contribution is -2.29. The minimum atomic E-state index is 0.273. The highest BCUT2D eigenvalue weighted by atomic mass is 15.0. The lowest BCUT2D eigenvalue weighted by Gasteiger charge is -2.37. The van der Waals surface area contributed by atoms with E-state index in [1.165, 1.54) is 22.0 Å². The molecular formula is C21H18N2. The molecular weight excluding hydrogens is 280 g/mol. The first-order chi connectivity index (χ1) is 11.4. The molecule has 1 N–H and O–H groups in total. The highest BCUT2D eigenvalue weighted by molar-refractivity contribution is 5.96. The van der Waals surface area contributed by atoms with Crippen LogP contribution >= 0.6 is 0 Å². The smallest absolute Gasteiger partial charge is 0.0725 e. The van der Waals surface area contributed by atoms with Gasteiger partial charge in [-0.2, -0.15) is 0 Å². The SMILES string of the molecule is C1=C[C@H]2c3ccc4ccccc4c3N[C@@H](c3ccccn3)[C@H]2C1. The fraction of sp³-hybridized carbons (Fsp3) is 0.190. The molecule has 3 aromatic rings. The molecule has 0 spiro atoms. The molecule has 0 amide bonds. The minimum Gasteiger partial charge on any atom is -0.376 e. The van der Waals surface area contributed by atoms with E-state index in [4.69, 9.17) is 0 Å². The Balaban J connectivity index is 1.72. The molecule has 0 fully saturated rings. The third-order valence-corrected chi connectivity index (χ3v) is 5.27. The molecule has 1 aliphatic carbocycles. The number of anilines is 1. The van der Waals surface area contributed by atoms with E-state index in [9.17, 15) is 0 Å². The van der Waals surface area contributed by atoms with E-state index in [2.05, 4.69) is 71.0 Å². The fourth-order valence-corrected chi connectivity index (χ4v) is 4.19. The Hall–Kier alpha value is -2.61. The second-order valence-corrected chi connectivity index (χ2v) is 6.48. The quantitative estimate of drug-likeness (QED) is 0.635. The van der Waals surface area contributed by atoms with E-state index in [0.717, 1.165) is 12.1 Å². The summed E-state index contributed by atoms with van der Waals surface area (Å²) in [4.78, 5) is 4.63. The lowest BCUT2D eigenvalue weighted by atomic mass is 9.77. The Bertz CT molecular complexity index is 898. The van der Waals surface area contributed by atoms with Crippen LogP contribution in [0.1, 0.15) is 29.6 Å².